The summed E-state index contributed by atoms with van der Waals surface area (Å²) in [6.45, 7) is 5.55. The monoisotopic (exact) mass is 569 g/mol. The zero-order chi connectivity index (χ0) is 22.5. The first kappa shape index (κ1) is 25.2. The number of hydrogen-bond donors (Lipinski definition) is 3. The average molecular weight is 569 g/mol. The first-order valence-electron chi connectivity index (χ1n) is 11.1. The van der Waals surface area contributed by atoms with Crippen molar-refractivity contribution in [1.29, 1.82) is 0 Å². The Morgan fingerprint density at radius 1 is 1.18 bits per heavy atom. The van der Waals surface area contributed by atoms with Crippen molar-refractivity contribution in [2.75, 3.05) is 42.9 Å². The van der Waals surface area contributed by atoms with E-state index in [1.807, 2.05) is 25.1 Å². The average Bonchev–Trinajstić information content (AvgIpc) is 3.26. The number of rotatable bonds is 6. The van der Waals surface area contributed by atoms with Crippen molar-refractivity contribution in [2.45, 2.75) is 25.7 Å². The van der Waals surface area contributed by atoms with Gasteiger partial charge in [-0.05, 0) is 43.0 Å². The molecule has 2 aromatic rings. The van der Waals surface area contributed by atoms with Gasteiger partial charge in [0.15, 0.2) is 17.6 Å². The maximum absolute atomic E-state index is 13.6. The van der Waals surface area contributed by atoms with Gasteiger partial charge in [0.25, 0.3) is 0 Å². The fraction of sp³-hybridized carbons (Fsp3) is 0.417. The molecular formula is C24H30F2IN5O. The molecule has 2 atom stereocenters. The first-order valence-corrected chi connectivity index (χ1v) is 11.1. The van der Waals surface area contributed by atoms with Gasteiger partial charge < -0.3 is 20.9 Å². The SMILES string of the molecule is CCNC(=NCC1CCN(c2ccc(F)c(F)c2)C1)NCC1CC(=O)Nc2ccccc21.I. The van der Waals surface area contributed by atoms with Crippen LogP contribution in [0.1, 0.15) is 31.2 Å². The van der Waals surface area contributed by atoms with Gasteiger partial charge in [-0.1, -0.05) is 18.2 Å². The number of hydrogen-bond acceptors (Lipinski definition) is 3. The summed E-state index contributed by atoms with van der Waals surface area (Å²) in [6.07, 6.45) is 1.38. The van der Waals surface area contributed by atoms with E-state index in [1.165, 1.54) is 12.1 Å². The van der Waals surface area contributed by atoms with Crippen molar-refractivity contribution in [3.63, 3.8) is 0 Å². The second-order valence-corrected chi connectivity index (χ2v) is 8.34. The largest absolute Gasteiger partial charge is 0.371 e. The molecule has 3 N–H and O–H groups in total. The molecule has 0 spiro atoms. The molecule has 2 aliphatic heterocycles. The molecule has 0 bridgehead atoms. The van der Waals surface area contributed by atoms with Crippen LogP contribution in [0.3, 0.4) is 0 Å². The van der Waals surface area contributed by atoms with Crippen LogP contribution >= 0.6 is 24.0 Å². The molecule has 6 nitrogen and oxygen atoms in total. The molecule has 0 radical (unpaired) electrons. The Balaban J connectivity index is 0.00000306. The first-order chi connectivity index (χ1) is 15.5. The molecule has 1 amide bonds. The van der Waals surface area contributed by atoms with Gasteiger partial charge in [0.05, 0.1) is 0 Å². The van der Waals surface area contributed by atoms with Gasteiger partial charge in [-0.3, -0.25) is 9.79 Å². The number of nitrogens with one attached hydrogen (secondary N) is 3. The zero-order valence-corrected chi connectivity index (χ0v) is 20.9. The summed E-state index contributed by atoms with van der Waals surface area (Å²) in [5, 5.41) is 9.59. The fourth-order valence-corrected chi connectivity index (χ4v) is 4.36. The van der Waals surface area contributed by atoms with Crippen molar-refractivity contribution >= 4 is 47.2 Å². The smallest absolute Gasteiger partial charge is 0.225 e. The number of aliphatic imine (C=N–C) groups is 1. The van der Waals surface area contributed by atoms with Crippen LogP contribution in [-0.2, 0) is 4.79 Å². The van der Waals surface area contributed by atoms with Gasteiger partial charge in [-0.2, -0.15) is 0 Å². The van der Waals surface area contributed by atoms with E-state index in [9.17, 15) is 13.6 Å². The lowest BCUT2D eigenvalue weighted by Gasteiger charge is -2.26. The number of fused-ring (bicyclic) bond motifs is 1. The Kier molecular flexibility index (Phi) is 8.87. The summed E-state index contributed by atoms with van der Waals surface area (Å²) in [5.74, 6) is -0.476. The van der Waals surface area contributed by atoms with Crippen LogP contribution in [0.15, 0.2) is 47.5 Å². The summed E-state index contributed by atoms with van der Waals surface area (Å²) in [6, 6.07) is 11.9. The summed E-state index contributed by atoms with van der Waals surface area (Å²) in [4.78, 5) is 18.9. The number of benzene rings is 2. The standard InChI is InChI=1S/C24H29F2N5O.HI/c1-2-27-24(29-14-17-11-23(32)30-22-6-4-3-5-19(17)22)28-13-16-9-10-31(15-16)18-7-8-20(25)21(26)12-18;/h3-8,12,16-17H,2,9-11,13-15H2,1H3,(H,30,32)(H2,27,28,29);1H. The lowest BCUT2D eigenvalue weighted by molar-refractivity contribution is -0.116. The van der Waals surface area contributed by atoms with Crippen LogP contribution in [0.5, 0.6) is 0 Å². The van der Waals surface area contributed by atoms with Crippen LogP contribution in [0.2, 0.25) is 0 Å². The number of carbonyl (C=O) groups is 1. The molecule has 0 aliphatic carbocycles. The number of halogens is 3. The van der Waals surface area contributed by atoms with Gasteiger partial charge >= 0.3 is 0 Å². The quantitative estimate of drug-likeness (QED) is 0.279. The third-order valence-electron chi connectivity index (χ3n) is 6.03. The van der Waals surface area contributed by atoms with Crippen LogP contribution in [0.4, 0.5) is 20.2 Å². The summed E-state index contributed by atoms with van der Waals surface area (Å²) in [7, 11) is 0. The van der Waals surface area contributed by atoms with Gasteiger partial charge in [0.1, 0.15) is 0 Å². The number of carbonyl (C=O) groups excluding carboxylic acids is 1. The topological polar surface area (TPSA) is 68.8 Å². The van der Waals surface area contributed by atoms with E-state index in [1.54, 1.807) is 6.07 Å². The molecule has 9 heteroatoms. The molecular weight excluding hydrogens is 539 g/mol. The number of nitrogens with zero attached hydrogens (tertiary/aromatic N) is 2. The zero-order valence-electron chi connectivity index (χ0n) is 18.6. The van der Waals surface area contributed by atoms with Crippen molar-refractivity contribution < 1.29 is 13.6 Å². The van der Waals surface area contributed by atoms with E-state index < -0.39 is 11.6 Å². The van der Waals surface area contributed by atoms with Crippen LogP contribution < -0.4 is 20.9 Å². The lowest BCUT2D eigenvalue weighted by Crippen LogP contribution is -2.41. The molecule has 1 saturated heterocycles. The molecule has 0 aromatic heterocycles. The molecule has 0 saturated carbocycles. The molecule has 178 valence electrons. The molecule has 2 aliphatic rings. The number of anilines is 2. The van der Waals surface area contributed by atoms with E-state index in [-0.39, 0.29) is 35.8 Å². The highest BCUT2D eigenvalue weighted by atomic mass is 127. The predicted molar refractivity (Wildman–Crippen MR) is 139 cm³/mol. The Bertz CT molecular complexity index is 1000. The Hall–Kier alpha value is -2.43. The van der Waals surface area contributed by atoms with Crippen molar-refractivity contribution in [3.8, 4) is 0 Å². The summed E-state index contributed by atoms with van der Waals surface area (Å²) < 4.78 is 26.8. The second-order valence-electron chi connectivity index (χ2n) is 8.34. The van der Waals surface area contributed by atoms with Crippen molar-refractivity contribution in [2.24, 2.45) is 10.9 Å². The Labute approximate surface area is 210 Å². The van der Waals surface area contributed by atoms with Gasteiger partial charge in [-0.25, -0.2) is 8.78 Å². The summed E-state index contributed by atoms with van der Waals surface area (Å²) in [5.41, 5.74) is 2.71. The summed E-state index contributed by atoms with van der Waals surface area (Å²) >= 11 is 0. The molecule has 2 unspecified atom stereocenters. The van der Waals surface area contributed by atoms with E-state index in [0.29, 0.717) is 31.1 Å². The highest BCUT2D eigenvalue weighted by Gasteiger charge is 2.26. The minimum Gasteiger partial charge on any atom is -0.371 e. The normalized spacial score (nSPS) is 20.0. The molecule has 2 aromatic carbocycles. The number of guanidine groups is 1. The van der Waals surface area contributed by atoms with E-state index in [2.05, 4.69) is 26.9 Å². The highest BCUT2D eigenvalue weighted by Crippen LogP contribution is 2.31. The highest BCUT2D eigenvalue weighted by molar-refractivity contribution is 14.0. The fourth-order valence-electron chi connectivity index (χ4n) is 4.36. The van der Waals surface area contributed by atoms with Crippen LogP contribution in [0.25, 0.3) is 0 Å². The number of amides is 1. The van der Waals surface area contributed by atoms with Gasteiger partial charge in [-0.15, -0.1) is 24.0 Å². The molecule has 33 heavy (non-hydrogen) atoms. The minimum absolute atomic E-state index is 0. The maximum Gasteiger partial charge on any atom is 0.225 e. The van der Waals surface area contributed by atoms with Crippen LogP contribution in [0, 0.1) is 17.6 Å². The van der Waals surface area contributed by atoms with E-state index in [4.69, 9.17) is 4.99 Å². The molecule has 2 heterocycles. The van der Waals surface area contributed by atoms with Crippen LogP contribution in [-0.4, -0.2) is 44.6 Å². The maximum atomic E-state index is 13.6. The van der Waals surface area contributed by atoms with Crippen molar-refractivity contribution in [1.82, 2.24) is 10.6 Å². The minimum atomic E-state index is -0.825. The third-order valence-corrected chi connectivity index (χ3v) is 6.03. The lowest BCUT2D eigenvalue weighted by atomic mass is 9.90. The van der Waals surface area contributed by atoms with Gasteiger partial charge in [0, 0.05) is 62.5 Å². The molecule has 1 fully saturated rings. The van der Waals surface area contributed by atoms with Gasteiger partial charge in [0.2, 0.25) is 5.91 Å². The number of para-hydroxylation sites is 1. The van der Waals surface area contributed by atoms with E-state index >= 15 is 0 Å². The van der Waals surface area contributed by atoms with Crippen molar-refractivity contribution in [3.05, 3.63) is 59.7 Å². The third kappa shape index (κ3) is 6.33. The predicted octanol–water partition coefficient (Wildman–Crippen LogP) is 4.09. The Morgan fingerprint density at radius 2 is 2.00 bits per heavy atom. The molecule has 4 rings (SSSR count). The van der Waals surface area contributed by atoms with E-state index in [0.717, 1.165) is 43.3 Å². The Morgan fingerprint density at radius 3 is 2.79 bits per heavy atom. The second kappa shape index (κ2) is 11.6.